The second-order valence-electron chi connectivity index (χ2n) is 7.36. The third kappa shape index (κ3) is 4.49. The van der Waals surface area contributed by atoms with Crippen molar-refractivity contribution in [3.05, 3.63) is 33.0 Å². The highest BCUT2D eigenvalue weighted by molar-refractivity contribution is 9.10. The minimum absolute atomic E-state index is 0.193. The number of benzene rings is 1. The van der Waals surface area contributed by atoms with Gasteiger partial charge in [-0.2, -0.15) is 0 Å². The Labute approximate surface area is 166 Å². The van der Waals surface area contributed by atoms with Crippen LogP contribution < -0.4 is 0 Å². The van der Waals surface area contributed by atoms with Crippen molar-refractivity contribution in [3.8, 4) is 0 Å². The molecule has 0 N–H and O–H groups in total. The van der Waals surface area contributed by atoms with E-state index in [0.717, 1.165) is 0 Å². The second kappa shape index (κ2) is 7.72. The molecule has 0 spiro atoms. The molecule has 1 heterocycles. The molecular weight excluding hydrogens is 427 g/mol. The van der Waals surface area contributed by atoms with Gasteiger partial charge in [-0.1, -0.05) is 11.6 Å². The van der Waals surface area contributed by atoms with Crippen LogP contribution in [-0.4, -0.2) is 46.5 Å². The maximum Gasteiger partial charge on any atom is 0.410 e. The van der Waals surface area contributed by atoms with Crippen molar-refractivity contribution in [1.29, 1.82) is 0 Å². The molecule has 1 aliphatic heterocycles. The lowest BCUT2D eigenvalue weighted by Gasteiger charge is -2.46. The average Bonchev–Trinajstić information content (AvgIpc) is 2.48. The Morgan fingerprint density at radius 2 is 1.85 bits per heavy atom. The lowest BCUT2D eigenvalue weighted by atomic mass is 9.94. The molecule has 0 bridgehead atoms. The van der Waals surface area contributed by atoms with E-state index in [9.17, 15) is 14.0 Å². The van der Waals surface area contributed by atoms with Gasteiger partial charge >= 0.3 is 6.09 Å². The summed E-state index contributed by atoms with van der Waals surface area (Å²) in [5.41, 5.74) is -0.380. The van der Waals surface area contributed by atoms with Gasteiger partial charge in [0.05, 0.1) is 16.6 Å². The zero-order chi connectivity index (χ0) is 19.8. The van der Waals surface area contributed by atoms with Crippen molar-refractivity contribution in [3.63, 3.8) is 0 Å². The summed E-state index contributed by atoms with van der Waals surface area (Å²) in [5.74, 6) is -0.690. The number of rotatable bonds is 1. The lowest BCUT2D eigenvalue weighted by molar-refractivity contribution is -0.136. The normalized spacial score (nSPS) is 20.9. The topological polar surface area (TPSA) is 49.9 Å². The summed E-state index contributed by atoms with van der Waals surface area (Å²) >= 11 is 9.25. The molecule has 5 nitrogen and oxygen atoms in total. The van der Waals surface area contributed by atoms with E-state index < -0.39 is 29.6 Å². The quantitative estimate of drug-likeness (QED) is 0.580. The molecule has 8 heteroatoms. The summed E-state index contributed by atoms with van der Waals surface area (Å²) in [5, 5.41) is 0.346. The lowest BCUT2D eigenvalue weighted by Crippen LogP contribution is -2.57. The Kier molecular flexibility index (Phi) is 6.23. The number of hydrogen-bond acceptors (Lipinski definition) is 3. The largest absolute Gasteiger partial charge is 0.444 e. The van der Waals surface area contributed by atoms with E-state index in [2.05, 4.69) is 15.9 Å². The zero-order valence-electron chi connectivity index (χ0n) is 15.5. The number of amides is 2. The molecule has 0 aliphatic carbocycles. The van der Waals surface area contributed by atoms with Gasteiger partial charge in [0.1, 0.15) is 11.4 Å². The third-order valence-corrected chi connectivity index (χ3v) is 5.03. The van der Waals surface area contributed by atoms with Crippen LogP contribution in [0.5, 0.6) is 0 Å². The number of halogens is 3. The fourth-order valence-electron chi connectivity index (χ4n) is 3.14. The van der Waals surface area contributed by atoms with E-state index in [1.54, 1.807) is 32.6 Å². The van der Waals surface area contributed by atoms with E-state index in [-0.39, 0.29) is 22.5 Å². The standard InChI is InChI=1S/C18H23BrClFN2O3/c1-10-16(13-8-12(20)9-14(19)15(13)21)23(11(2)24)7-6-22(10)17(25)26-18(3,4)5/h8-10,16H,6-7H2,1-5H3/t10-,16+/m1/s1. The smallest absolute Gasteiger partial charge is 0.410 e. The molecule has 144 valence electrons. The van der Waals surface area contributed by atoms with Gasteiger partial charge in [0.25, 0.3) is 0 Å². The molecule has 1 saturated heterocycles. The minimum atomic E-state index is -0.663. The number of piperazine rings is 1. The molecule has 2 amide bonds. The van der Waals surface area contributed by atoms with Crippen molar-refractivity contribution in [2.24, 2.45) is 0 Å². The van der Waals surface area contributed by atoms with Gasteiger partial charge in [0.2, 0.25) is 5.91 Å². The summed E-state index contributed by atoms with van der Waals surface area (Å²) in [7, 11) is 0. The molecule has 1 aromatic carbocycles. The van der Waals surface area contributed by atoms with Crippen LogP contribution in [0.3, 0.4) is 0 Å². The second-order valence-corrected chi connectivity index (χ2v) is 8.65. The molecule has 1 fully saturated rings. The van der Waals surface area contributed by atoms with Crippen LogP contribution >= 0.6 is 27.5 Å². The highest BCUT2D eigenvalue weighted by Crippen LogP contribution is 2.37. The van der Waals surface area contributed by atoms with Crippen LogP contribution in [0.2, 0.25) is 5.02 Å². The Morgan fingerprint density at radius 1 is 1.27 bits per heavy atom. The first-order valence-electron chi connectivity index (χ1n) is 8.33. The van der Waals surface area contributed by atoms with Crippen molar-refractivity contribution in [2.75, 3.05) is 13.1 Å². The minimum Gasteiger partial charge on any atom is -0.444 e. The highest BCUT2D eigenvalue weighted by atomic mass is 79.9. The molecule has 0 radical (unpaired) electrons. The fraction of sp³-hybridized carbons (Fsp3) is 0.556. The summed E-state index contributed by atoms with van der Waals surface area (Å²) in [6.45, 7) is 9.16. The van der Waals surface area contributed by atoms with Gasteiger partial charge in [-0.25, -0.2) is 9.18 Å². The third-order valence-electron chi connectivity index (χ3n) is 4.24. The first-order chi connectivity index (χ1) is 11.9. The van der Waals surface area contributed by atoms with Crippen LogP contribution in [0.15, 0.2) is 16.6 Å². The molecule has 2 rings (SSSR count). The number of carbonyl (C=O) groups excluding carboxylic acids is 2. The van der Waals surface area contributed by atoms with Crippen molar-refractivity contribution < 1.29 is 18.7 Å². The first kappa shape index (κ1) is 21.0. The van der Waals surface area contributed by atoms with Crippen LogP contribution in [-0.2, 0) is 9.53 Å². The first-order valence-corrected chi connectivity index (χ1v) is 9.50. The molecule has 1 aromatic rings. The Bertz CT molecular complexity index is 723. The van der Waals surface area contributed by atoms with Crippen LogP contribution in [0.4, 0.5) is 9.18 Å². The van der Waals surface area contributed by atoms with E-state index in [4.69, 9.17) is 16.3 Å². The number of carbonyl (C=O) groups is 2. The van der Waals surface area contributed by atoms with Crippen molar-refractivity contribution in [2.45, 2.75) is 52.3 Å². The SMILES string of the molecule is CC(=O)N1CCN(C(=O)OC(C)(C)C)[C@H](C)[C@H]1c1cc(Cl)cc(Br)c1F. The maximum absolute atomic E-state index is 14.8. The Hall–Kier alpha value is -1.34. The van der Waals surface area contributed by atoms with E-state index in [0.29, 0.717) is 11.6 Å². The van der Waals surface area contributed by atoms with Crippen molar-refractivity contribution in [1.82, 2.24) is 9.80 Å². The number of nitrogens with zero attached hydrogens (tertiary/aromatic N) is 2. The summed E-state index contributed by atoms with van der Waals surface area (Å²) < 4.78 is 20.5. The number of hydrogen-bond donors (Lipinski definition) is 0. The molecule has 2 atom stereocenters. The Balaban J connectivity index is 2.45. The predicted octanol–water partition coefficient (Wildman–Crippen LogP) is 4.77. The molecular formula is C18H23BrClFN2O3. The van der Waals surface area contributed by atoms with Gasteiger partial charge in [-0.3, -0.25) is 4.79 Å². The van der Waals surface area contributed by atoms with E-state index >= 15 is 0 Å². The summed E-state index contributed by atoms with van der Waals surface area (Å²) in [6.07, 6.45) is -0.486. The fourth-order valence-corrected chi connectivity index (χ4v) is 3.97. The van der Waals surface area contributed by atoms with Crippen molar-refractivity contribution >= 4 is 39.5 Å². The van der Waals surface area contributed by atoms with Gasteiger partial charge in [0, 0.05) is 30.6 Å². The number of ether oxygens (including phenoxy) is 1. The predicted molar refractivity (Wildman–Crippen MR) is 102 cm³/mol. The zero-order valence-corrected chi connectivity index (χ0v) is 17.8. The van der Waals surface area contributed by atoms with Gasteiger partial charge < -0.3 is 14.5 Å². The Morgan fingerprint density at radius 3 is 2.38 bits per heavy atom. The molecule has 1 aliphatic rings. The van der Waals surface area contributed by atoms with Crippen LogP contribution in [0.1, 0.15) is 46.2 Å². The van der Waals surface area contributed by atoms with E-state index in [1.165, 1.54) is 24.0 Å². The monoisotopic (exact) mass is 448 g/mol. The summed E-state index contributed by atoms with van der Waals surface area (Å²) in [4.78, 5) is 27.8. The van der Waals surface area contributed by atoms with Crippen LogP contribution in [0, 0.1) is 5.82 Å². The molecule has 26 heavy (non-hydrogen) atoms. The van der Waals surface area contributed by atoms with Gasteiger partial charge in [0.15, 0.2) is 0 Å². The summed E-state index contributed by atoms with van der Waals surface area (Å²) in [6, 6.07) is 1.81. The average molecular weight is 450 g/mol. The maximum atomic E-state index is 14.8. The van der Waals surface area contributed by atoms with Gasteiger partial charge in [-0.05, 0) is 55.8 Å². The molecule has 0 saturated carbocycles. The van der Waals surface area contributed by atoms with E-state index in [1.807, 2.05) is 0 Å². The highest BCUT2D eigenvalue weighted by Gasteiger charge is 2.41. The molecule has 0 aromatic heterocycles. The van der Waals surface area contributed by atoms with Gasteiger partial charge in [-0.15, -0.1) is 0 Å². The molecule has 0 unspecified atom stereocenters. The van der Waals surface area contributed by atoms with Crippen LogP contribution in [0.25, 0.3) is 0 Å².